The van der Waals surface area contributed by atoms with Gasteiger partial charge in [-0.1, -0.05) is 12.1 Å². The van der Waals surface area contributed by atoms with E-state index >= 15 is 0 Å². The van der Waals surface area contributed by atoms with E-state index in [0.717, 1.165) is 16.6 Å². The Morgan fingerprint density at radius 2 is 2.21 bits per heavy atom. The highest BCUT2D eigenvalue weighted by Crippen LogP contribution is 2.20. The van der Waals surface area contributed by atoms with Gasteiger partial charge in [0.15, 0.2) is 0 Å². The van der Waals surface area contributed by atoms with Crippen LogP contribution >= 0.6 is 0 Å². The van der Waals surface area contributed by atoms with Gasteiger partial charge in [0.25, 0.3) is 0 Å². The number of fused-ring (bicyclic) bond motifs is 1. The van der Waals surface area contributed by atoms with Gasteiger partial charge in [0.1, 0.15) is 0 Å². The molecule has 0 aliphatic heterocycles. The SMILES string of the molecule is Cc1cccc2nc(N)n(CCNC(=O)N(C)C)c12. The zero-order valence-corrected chi connectivity index (χ0v) is 11.5. The Morgan fingerprint density at radius 3 is 2.89 bits per heavy atom. The lowest BCUT2D eigenvalue weighted by molar-refractivity contribution is 0.217. The molecule has 0 radical (unpaired) electrons. The van der Waals surface area contributed by atoms with Gasteiger partial charge in [-0.2, -0.15) is 0 Å². The minimum atomic E-state index is -0.111. The second kappa shape index (κ2) is 5.17. The number of aromatic nitrogens is 2. The lowest BCUT2D eigenvalue weighted by Crippen LogP contribution is -2.36. The number of nitrogens with zero attached hydrogens (tertiary/aromatic N) is 3. The summed E-state index contributed by atoms with van der Waals surface area (Å²) in [5, 5.41) is 2.81. The summed E-state index contributed by atoms with van der Waals surface area (Å²) in [6.45, 7) is 3.14. The fraction of sp³-hybridized carbons (Fsp3) is 0.385. The molecule has 2 rings (SSSR count). The number of amides is 2. The van der Waals surface area contributed by atoms with E-state index in [9.17, 15) is 4.79 Å². The molecular formula is C13H19N5O. The van der Waals surface area contributed by atoms with E-state index in [1.165, 1.54) is 4.90 Å². The first-order valence-corrected chi connectivity index (χ1v) is 6.17. The van der Waals surface area contributed by atoms with Gasteiger partial charge in [-0.3, -0.25) is 0 Å². The summed E-state index contributed by atoms with van der Waals surface area (Å²) in [5.74, 6) is 0.475. The van der Waals surface area contributed by atoms with Crippen LogP contribution in [0.5, 0.6) is 0 Å². The Morgan fingerprint density at radius 1 is 1.47 bits per heavy atom. The van der Waals surface area contributed by atoms with Crippen LogP contribution in [0.2, 0.25) is 0 Å². The molecule has 0 atom stereocenters. The molecule has 19 heavy (non-hydrogen) atoms. The van der Waals surface area contributed by atoms with Crippen molar-refractivity contribution in [2.45, 2.75) is 13.5 Å². The predicted molar refractivity (Wildman–Crippen MR) is 76.0 cm³/mol. The van der Waals surface area contributed by atoms with Crippen LogP contribution < -0.4 is 11.1 Å². The van der Waals surface area contributed by atoms with E-state index in [2.05, 4.69) is 10.3 Å². The van der Waals surface area contributed by atoms with Gasteiger partial charge >= 0.3 is 6.03 Å². The Labute approximate surface area is 112 Å². The van der Waals surface area contributed by atoms with Crippen LogP contribution in [0.15, 0.2) is 18.2 Å². The van der Waals surface area contributed by atoms with Gasteiger partial charge in [0, 0.05) is 27.2 Å². The summed E-state index contributed by atoms with van der Waals surface area (Å²) in [5.41, 5.74) is 8.97. The Kier molecular flexibility index (Phi) is 3.59. The Hall–Kier alpha value is -2.24. The van der Waals surface area contributed by atoms with Crippen LogP contribution in [0.1, 0.15) is 5.56 Å². The van der Waals surface area contributed by atoms with Gasteiger partial charge in [0.05, 0.1) is 11.0 Å². The number of aryl methyl sites for hydroxylation is 1. The van der Waals surface area contributed by atoms with E-state index in [-0.39, 0.29) is 6.03 Å². The average molecular weight is 261 g/mol. The van der Waals surface area contributed by atoms with Gasteiger partial charge in [-0.15, -0.1) is 0 Å². The van der Waals surface area contributed by atoms with E-state index in [1.807, 2.05) is 29.7 Å². The number of carbonyl (C=O) groups excluding carboxylic acids is 1. The van der Waals surface area contributed by atoms with Crippen molar-refractivity contribution in [3.63, 3.8) is 0 Å². The molecule has 3 N–H and O–H groups in total. The molecule has 1 heterocycles. The summed E-state index contributed by atoms with van der Waals surface area (Å²) in [6, 6.07) is 5.81. The van der Waals surface area contributed by atoms with Crippen LogP contribution in [-0.4, -0.2) is 41.1 Å². The largest absolute Gasteiger partial charge is 0.369 e. The van der Waals surface area contributed by atoms with Crippen molar-refractivity contribution in [3.8, 4) is 0 Å². The molecule has 1 aromatic heterocycles. The first-order chi connectivity index (χ1) is 9.00. The van der Waals surface area contributed by atoms with Gasteiger partial charge in [0.2, 0.25) is 5.95 Å². The van der Waals surface area contributed by atoms with Crippen molar-refractivity contribution >= 4 is 23.0 Å². The monoisotopic (exact) mass is 261 g/mol. The third-order valence-electron chi connectivity index (χ3n) is 3.02. The van der Waals surface area contributed by atoms with Crippen LogP contribution in [0.25, 0.3) is 11.0 Å². The number of rotatable bonds is 3. The first-order valence-electron chi connectivity index (χ1n) is 6.17. The molecule has 6 heteroatoms. The molecule has 0 fully saturated rings. The number of urea groups is 1. The van der Waals surface area contributed by atoms with Crippen molar-refractivity contribution in [1.82, 2.24) is 19.8 Å². The zero-order valence-electron chi connectivity index (χ0n) is 11.5. The standard InChI is InChI=1S/C13H19N5O/c1-9-5-4-6-10-11(9)18(12(14)16-10)8-7-15-13(19)17(2)3/h4-6H,7-8H2,1-3H3,(H2,14,16)(H,15,19). The number of imidazole rings is 1. The molecule has 6 nitrogen and oxygen atoms in total. The third-order valence-corrected chi connectivity index (χ3v) is 3.02. The number of hydrogen-bond acceptors (Lipinski definition) is 3. The normalized spacial score (nSPS) is 10.7. The summed E-state index contributed by atoms with van der Waals surface area (Å²) >= 11 is 0. The lowest BCUT2D eigenvalue weighted by atomic mass is 10.2. The number of benzene rings is 1. The number of hydrogen-bond donors (Lipinski definition) is 2. The van der Waals surface area contributed by atoms with Crippen molar-refractivity contribution in [3.05, 3.63) is 23.8 Å². The van der Waals surface area contributed by atoms with Crippen molar-refractivity contribution in [2.75, 3.05) is 26.4 Å². The molecule has 2 aromatic rings. The number of nitrogens with two attached hydrogens (primary N) is 1. The quantitative estimate of drug-likeness (QED) is 0.871. The number of para-hydroxylation sites is 1. The molecule has 2 amide bonds. The molecule has 1 aromatic carbocycles. The van der Waals surface area contributed by atoms with Crippen LogP contribution in [0, 0.1) is 6.92 Å². The minimum Gasteiger partial charge on any atom is -0.369 e. The van der Waals surface area contributed by atoms with Crippen molar-refractivity contribution in [2.24, 2.45) is 0 Å². The van der Waals surface area contributed by atoms with E-state index in [0.29, 0.717) is 19.0 Å². The number of carbonyl (C=O) groups is 1. The molecule has 0 unspecified atom stereocenters. The molecule has 0 bridgehead atoms. The van der Waals surface area contributed by atoms with E-state index in [1.54, 1.807) is 14.1 Å². The Balaban J connectivity index is 2.17. The van der Waals surface area contributed by atoms with E-state index < -0.39 is 0 Å². The first kappa shape index (κ1) is 13.2. The smallest absolute Gasteiger partial charge is 0.316 e. The van der Waals surface area contributed by atoms with Crippen LogP contribution in [0.4, 0.5) is 10.7 Å². The lowest BCUT2D eigenvalue weighted by Gasteiger charge is -2.13. The zero-order chi connectivity index (χ0) is 14.0. The summed E-state index contributed by atoms with van der Waals surface area (Å²) in [6.07, 6.45) is 0. The van der Waals surface area contributed by atoms with Crippen LogP contribution in [0.3, 0.4) is 0 Å². The van der Waals surface area contributed by atoms with Crippen molar-refractivity contribution < 1.29 is 4.79 Å². The second-order valence-electron chi connectivity index (χ2n) is 4.69. The molecule has 0 aliphatic carbocycles. The fourth-order valence-electron chi connectivity index (χ4n) is 2.04. The van der Waals surface area contributed by atoms with Crippen molar-refractivity contribution in [1.29, 1.82) is 0 Å². The highest BCUT2D eigenvalue weighted by molar-refractivity contribution is 5.81. The van der Waals surface area contributed by atoms with Gasteiger partial charge < -0.3 is 20.5 Å². The molecular weight excluding hydrogens is 242 g/mol. The number of nitrogens with one attached hydrogen (secondary N) is 1. The molecule has 0 spiro atoms. The fourth-order valence-corrected chi connectivity index (χ4v) is 2.04. The summed E-state index contributed by atoms with van der Waals surface area (Å²) < 4.78 is 1.93. The molecule has 102 valence electrons. The Bertz CT molecular complexity index is 602. The maximum absolute atomic E-state index is 11.4. The maximum Gasteiger partial charge on any atom is 0.316 e. The highest BCUT2D eigenvalue weighted by Gasteiger charge is 2.10. The number of anilines is 1. The second-order valence-corrected chi connectivity index (χ2v) is 4.69. The van der Waals surface area contributed by atoms with Crippen LogP contribution in [-0.2, 0) is 6.54 Å². The van der Waals surface area contributed by atoms with Gasteiger partial charge in [-0.05, 0) is 18.6 Å². The van der Waals surface area contributed by atoms with E-state index in [4.69, 9.17) is 5.73 Å². The highest BCUT2D eigenvalue weighted by atomic mass is 16.2. The maximum atomic E-state index is 11.4. The molecule has 0 saturated heterocycles. The molecule has 0 aliphatic rings. The average Bonchev–Trinajstić information content (AvgIpc) is 2.67. The summed E-state index contributed by atoms with van der Waals surface area (Å²) in [4.78, 5) is 17.3. The summed E-state index contributed by atoms with van der Waals surface area (Å²) in [7, 11) is 3.42. The minimum absolute atomic E-state index is 0.111. The van der Waals surface area contributed by atoms with Gasteiger partial charge in [-0.25, -0.2) is 9.78 Å². The number of nitrogen functional groups attached to an aromatic ring is 1. The molecule has 0 saturated carbocycles. The third kappa shape index (κ3) is 2.62. The predicted octanol–water partition coefficient (Wildman–Crippen LogP) is 1.20. The topological polar surface area (TPSA) is 76.2 Å².